The van der Waals surface area contributed by atoms with Gasteiger partial charge in [-0.3, -0.25) is 9.78 Å². The molecule has 2 rings (SSSR count). The Morgan fingerprint density at radius 1 is 1.30 bits per heavy atom. The first-order chi connectivity index (χ1) is 9.62. The molecule has 4 nitrogen and oxygen atoms in total. The van der Waals surface area contributed by atoms with E-state index in [9.17, 15) is 4.79 Å². The normalized spacial score (nSPS) is 10.2. The number of ether oxygens (including phenoxy) is 2. The second-order valence-corrected chi connectivity index (χ2v) is 4.64. The number of nitrogens with zero attached hydrogens (tertiary/aromatic N) is 1. The molecule has 0 radical (unpaired) electrons. The molecule has 20 heavy (non-hydrogen) atoms. The lowest BCUT2D eigenvalue weighted by molar-refractivity contribution is 0.112. The van der Waals surface area contributed by atoms with Crippen LogP contribution in [0.15, 0.2) is 30.3 Å². The molecule has 1 heterocycles. The molecule has 0 fully saturated rings. The van der Waals surface area contributed by atoms with Gasteiger partial charge in [-0.05, 0) is 25.1 Å². The van der Waals surface area contributed by atoms with E-state index in [0.717, 1.165) is 23.4 Å². The first-order valence-corrected chi connectivity index (χ1v) is 6.39. The minimum Gasteiger partial charge on any atom is -0.497 e. The maximum Gasteiger partial charge on any atom is 0.150 e. The third-order valence-corrected chi connectivity index (χ3v) is 2.98. The number of halogens is 1. The number of rotatable bonds is 5. The highest BCUT2D eigenvalue weighted by Gasteiger charge is 2.05. The summed E-state index contributed by atoms with van der Waals surface area (Å²) in [6, 6.07) is 8.53. The summed E-state index contributed by atoms with van der Waals surface area (Å²) in [5.74, 6) is 1.25. The van der Waals surface area contributed by atoms with Crippen molar-refractivity contribution in [1.82, 2.24) is 4.98 Å². The van der Waals surface area contributed by atoms with Gasteiger partial charge in [0.2, 0.25) is 0 Å². The minimum atomic E-state index is 0.276. The van der Waals surface area contributed by atoms with Crippen molar-refractivity contribution < 1.29 is 14.3 Å². The van der Waals surface area contributed by atoms with Gasteiger partial charge in [0.1, 0.15) is 24.4 Å². The van der Waals surface area contributed by atoms with Crippen molar-refractivity contribution in [2.24, 2.45) is 0 Å². The molecule has 1 aromatic carbocycles. The van der Waals surface area contributed by atoms with Crippen LogP contribution in [0.1, 0.15) is 21.7 Å². The number of hydrogen-bond acceptors (Lipinski definition) is 4. The van der Waals surface area contributed by atoms with Gasteiger partial charge in [-0.15, -0.1) is 0 Å². The Labute approximate surface area is 122 Å². The van der Waals surface area contributed by atoms with Crippen molar-refractivity contribution in [2.45, 2.75) is 13.5 Å². The molecular formula is C15H14ClNO3. The van der Waals surface area contributed by atoms with Crippen LogP contribution in [0.3, 0.4) is 0 Å². The number of carbonyl (C=O) groups excluding carboxylic acids is 1. The van der Waals surface area contributed by atoms with Crippen LogP contribution in [-0.2, 0) is 6.61 Å². The van der Waals surface area contributed by atoms with E-state index >= 15 is 0 Å². The van der Waals surface area contributed by atoms with E-state index in [1.165, 1.54) is 0 Å². The third kappa shape index (κ3) is 3.48. The largest absolute Gasteiger partial charge is 0.497 e. The molecule has 1 aromatic heterocycles. The van der Waals surface area contributed by atoms with Crippen LogP contribution in [0, 0.1) is 6.92 Å². The molecule has 0 spiro atoms. The average Bonchev–Trinajstić information content (AvgIpc) is 2.45. The van der Waals surface area contributed by atoms with E-state index in [-0.39, 0.29) is 6.61 Å². The monoisotopic (exact) mass is 291 g/mol. The molecular weight excluding hydrogens is 278 g/mol. The molecule has 0 aliphatic rings. The van der Waals surface area contributed by atoms with Crippen molar-refractivity contribution in [2.75, 3.05) is 7.11 Å². The number of carbonyl (C=O) groups is 1. The average molecular weight is 292 g/mol. The zero-order valence-electron chi connectivity index (χ0n) is 11.2. The number of pyridine rings is 1. The summed E-state index contributed by atoms with van der Waals surface area (Å²) in [6.45, 7) is 2.16. The van der Waals surface area contributed by atoms with Crippen molar-refractivity contribution in [3.63, 3.8) is 0 Å². The van der Waals surface area contributed by atoms with Gasteiger partial charge in [0, 0.05) is 23.4 Å². The third-order valence-electron chi connectivity index (χ3n) is 2.68. The summed E-state index contributed by atoms with van der Waals surface area (Å²) in [5, 5.41) is 0.397. The molecule has 0 aliphatic heterocycles. The molecule has 0 bridgehead atoms. The Morgan fingerprint density at radius 2 is 2.10 bits per heavy atom. The molecule has 0 saturated heterocycles. The highest BCUT2D eigenvalue weighted by atomic mass is 35.5. The zero-order chi connectivity index (χ0) is 14.5. The number of hydrogen-bond donors (Lipinski definition) is 0. The topological polar surface area (TPSA) is 48.4 Å². The van der Waals surface area contributed by atoms with Gasteiger partial charge < -0.3 is 9.47 Å². The number of aryl methyl sites for hydroxylation is 1. The van der Waals surface area contributed by atoms with Gasteiger partial charge in [0.05, 0.1) is 17.8 Å². The maximum absolute atomic E-state index is 10.6. The summed E-state index contributed by atoms with van der Waals surface area (Å²) in [7, 11) is 1.61. The van der Waals surface area contributed by atoms with Crippen LogP contribution in [0.2, 0.25) is 5.02 Å². The number of aldehydes is 1. The van der Waals surface area contributed by atoms with Crippen molar-refractivity contribution in [3.8, 4) is 11.5 Å². The number of benzene rings is 1. The van der Waals surface area contributed by atoms with Crippen molar-refractivity contribution in [3.05, 3.63) is 52.3 Å². The van der Waals surface area contributed by atoms with E-state index in [2.05, 4.69) is 4.98 Å². The smallest absolute Gasteiger partial charge is 0.150 e. The summed E-state index contributed by atoms with van der Waals surface area (Å²) in [4.78, 5) is 15.0. The highest BCUT2D eigenvalue weighted by Crippen LogP contribution is 2.26. The standard InChI is InChI=1S/C15H14ClNO3/c1-10-5-13(19-2)7-12(17-10)9-20-15-4-3-11(8-18)6-14(15)16/h3-8H,9H2,1-2H3. The Kier molecular flexibility index (Phi) is 4.58. The highest BCUT2D eigenvalue weighted by molar-refractivity contribution is 6.32. The van der Waals surface area contributed by atoms with E-state index < -0.39 is 0 Å². The van der Waals surface area contributed by atoms with E-state index in [0.29, 0.717) is 16.3 Å². The van der Waals surface area contributed by atoms with Crippen LogP contribution < -0.4 is 9.47 Å². The Morgan fingerprint density at radius 3 is 2.75 bits per heavy atom. The van der Waals surface area contributed by atoms with Crippen LogP contribution >= 0.6 is 11.6 Å². The fraction of sp³-hybridized carbons (Fsp3) is 0.200. The van der Waals surface area contributed by atoms with E-state index in [1.54, 1.807) is 31.4 Å². The van der Waals surface area contributed by atoms with Crippen LogP contribution in [0.4, 0.5) is 0 Å². The van der Waals surface area contributed by atoms with Gasteiger partial charge in [-0.1, -0.05) is 11.6 Å². The maximum atomic E-state index is 10.6. The lowest BCUT2D eigenvalue weighted by Gasteiger charge is -2.09. The summed E-state index contributed by atoms with van der Waals surface area (Å²) >= 11 is 6.04. The predicted octanol–water partition coefficient (Wildman–Crippen LogP) is 3.44. The molecule has 5 heteroatoms. The van der Waals surface area contributed by atoms with Crippen LogP contribution in [0.5, 0.6) is 11.5 Å². The van der Waals surface area contributed by atoms with Gasteiger partial charge in [-0.25, -0.2) is 0 Å². The Balaban J connectivity index is 2.12. The Bertz CT molecular complexity index is 629. The number of methoxy groups -OCH3 is 1. The molecule has 0 aliphatic carbocycles. The van der Waals surface area contributed by atoms with Crippen LogP contribution in [-0.4, -0.2) is 18.4 Å². The Hall–Kier alpha value is -2.07. The molecule has 104 valence electrons. The fourth-order valence-electron chi connectivity index (χ4n) is 1.75. The lowest BCUT2D eigenvalue weighted by Crippen LogP contribution is -2.01. The minimum absolute atomic E-state index is 0.276. The first-order valence-electron chi connectivity index (χ1n) is 6.01. The van der Waals surface area contributed by atoms with Crippen molar-refractivity contribution in [1.29, 1.82) is 0 Å². The van der Waals surface area contributed by atoms with Gasteiger partial charge in [-0.2, -0.15) is 0 Å². The summed E-state index contributed by atoms with van der Waals surface area (Å²) in [5.41, 5.74) is 2.11. The predicted molar refractivity (Wildman–Crippen MR) is 76.7 cm³/mol. The summed E-state index contributed by atoms with van der Waals surface area (Å²) < 4.78 is 10.8. The molecule has 0 N–H and O–H groups in total. The second-order valence-electron chi connectivity index (χ2n) is 4.24. The fourth-order valence-corrected chi connectivity index (χ4v) is 2.00. The molecule has 0 unspecified atom stereocenters. The van der Waals surface area contributed by atoms with Gasteiger partial charge in [0.15, 0.2) is 0 Å². The number of aromatic nitrogens is 1. The molecule has 0 amide bonds. The summed E-state index contributed by atoms with van der Waals surface area (Å²) in [6.07, 6.45) is 0.739. The van der Waals surface area contributed by atoms with Gasteiger partial charge in [0.25, 0.3) is 0 Å². The zero-order valence-corrected chi connectivity index (χ0v) is 12.0. The lowest BCUT2D eigenvalue weighted by atomic mass is 10.2. The molecule has 0 atom stereocenters. The van der Waals surface area contributed by atoms with Crippen molar-refractivity contribution >= 4 is 17.9 Å². The SMILES string of the molecule is COc1cc(C)nc(COc2ccc(C=O)cc2Cl)c1. The first kappa shape index (κ1) is 14.3. The van der Waals surface area contributed by atoms with E-state index in [4.69, 9.17) is 21.1 Å². The second kappa shape index (κ2) is 6.39. The van der Waals surface area contributed by atoms with Crippen LogP contribution in [0.25, 0.3) is 0 Å². The quantitative estimate of drug-likeness (QED) is 0.792. The van der Waals surface area contributed by atoms with Gasteiger partial charge >= 0.3 is 0 Å². The van der Waals surface area contributed by atoms with E-state index in [1.807, 2.05) is 13.0 Å². The molecule has 0 saturated carbocycles. The molecule has 2 aromatic rings.